The van der Waals surface area contributed by atoms with Gasteiger partial charge in [-0.25, -0.2) is 24.8 Å². The molecule has 33 heavy (non-hydrogen) atoms. The Labute approximate surface area is 196 Å². The molecule has 176 valence electrons. The first kappa shape index (κ1) is 25.5. The number of rotatable bonds is 9. The quantitative estimate of drug-likeness (QED) is 0.276. The Kier molecular flexibility index (Phi) is 10.0. The number of hydrogen-bond acceptors (Lipinski definition) is 6. The number of thiol groups is 1. The maximum absolute atomic E-state index is 12.7. The highest BCUT2D eigenvalue weighted by Crippen LogP contribution is 2.05. The summed E-state index contributed by atoms with van der Waals surface area (Å²) in [5.74, 6) is -2.07. The second kappa shape index (κ2) is 13.0. The lowest BCUT2D eigenvalue weighted by atomic mass is 10.1. The van der Waals surface area contributed by atoms with Crippen LogP contribution in [0.5, 0.6) is 0 Å². The molecule has 11 heteroatoms. The van der Waals surface area contributed by atoms with Crippen molar-refractivity contribution in [3.63, 3.8) is 0 Å². The van der Waals surface area contributed by atoms with Gasteiger partial charge in [0.2, 0.25) is 5.91 Å². The van der Waals surface area contributed by atoms with Gasteiger partial charge in [0.15, 0.2) is 0 Å². The molecule has 2 rings (SSSR count). The summed E-state index contributed by atoms with van der Waals surface area (Å²) in [7, 11) is 1.28. The van der Waals surface area contributed by atoms with Gasteiger partial charge in [-0.1, -0.05) is 60.7 Å². The zero-order valence-electron chi connectivity index (χ0n) is 17.9. The molecule has 0 heterocycles. The van der Waals surface area contributed by atoms with Gasteiger partial charge in [0.25, 0.3) is 0 Å². The molecule has 0 aliphatic heterocycles. The average molecular weight is 475 g/mol. The third-order valence-electron chi connectivity index (χ3n) is 4.47. The van der Waals surface area contributed by atoms with Crippen LogP contribution in [0.2, 0.25) is 0 Å². The number of hydrazine groups is 1. The van der Waals surface area contributed by atoms with Crippen LogP contribution in [0.15, 0.2) is 60.7 Å². The Balaban J connectivity index is 1.99. The SMILES string of the molecule is CN(NC(=O)OCc1ccccc1)C(=O)N[C@@H](Cc1ccccc1)C(=O)N[C@@H](CS)C(=O)O. The molecule has 0 radical (unpaired) electrons. The van der Waals surface area contributed by atoms with Crippen molar-refractivity contribution < 1.29 is 29.0 Å². The van der Waals surface area contributed by atoms with E-state index < -0.39 is 36.1 Å². The summed E-state index contributed by atoms with van der Waals surface area (Å²) >= 11 is 3.93. The van der Waals surface area contributed by atoms with Crippen molar-refractivity contribution in [3.8, 4) is 0 Å². The van der Waals surface area contributed by atoms with E-state index in [0.717, 1.165) is 16.1 Å². The second-order valence-corrected chi connectivity index (χ2v) is 7.37. The van der Waals surface area contributed by atoms with E-state index >= 15 is 0 Å². The molecule has 0 aliphatic carbocycles. The minimum atomic E-state index is -1.25. The molecule has 4 amide bonds. The third kappa shape index (κ3) is 8.73. The molecule has 0 aromatic heterocycles. The fraction of sp³-hybridized carbons (Fsp3) is 0.273. The van der Waals surface area contributed by atoms with Crippen LogP contribution < -0.4 is 16.1 Å². The van der Waals surface area contributed by atoms with Crippen molar-refractivity contribution in [2.45, 2.75) is 25.1 Å². The van der Waals surface area contributed by atoms with Gasteiger partial charge in [0, 0.05) is 19.2 Å². The molecule has 0 saturated carbocycles. The number of benzene rings is 2. The normalized spacial score (nSPS) is 12.1. The molecule has 0 saturated heterocycles. The number of carbonyl (C=O) groups is 4. The minimum absolute atomic E-state index is 0.0154. The molecular formula is C22H26N4O6S. The van der Waals surface area contributed by atoms with Gasteiger partial charge in [-0.15, -0.1) is 0 Å². The van der Waals surface area contributed by atoms with Crippen LogP contribution in [0.4, 0.5) is 9.59 Å². The number of aliphatic carboxylic acids is 1. The van der Waals surface area contributed by atoms with Gasteiger partial charge in [0.05, 0.1) is 0 Å². The average Bonchev–Trinajstić information content (AvgIpc) is 2.81. The summed E-state index contributed by atoms with van der Waals surface area (Å²) in [5.41, 5.74) is 3.77. The number of carbonyl (C=O) groups excluding carboxylic acids is 3. The summed E-state index contributed by atoms with van der Waals surface area (Å²) in [6, 6.07) is 14.8. The van der Waals surface area contributed by atoms with Gasteiger partial charge in [-0.3, -0.25) is 4.79 Å². The Bertz CT molecular complexity index is 944. The number of carboxylic acid groups (broad SMARTS) is 1. The van der Waals surface area contributed by atoms with E-state index in [-0.39, 0.29) is 18.8 Å². The fourth-order valence-electron chi connectivity index (χ4n) is 2.71. The number of carboxylic acids is 1. The lowest BCUT2D eigenvalue weighted by molar-refractivity contribution is -0.141. The van der Waals surface area contributed by atoms with Crippen molar-refractivity contribution >= 4 is 36.6 Å². The first-order valence-corrected chi connectivity index (χ1v) is 10.6. The summed E-state index contributed by atoms with van der Waals surface area (Å²) in [6.07, 6.45) is -0.759. The number of nitrogens with zero attached hydrogens (tertiary/aromatic N) is 1. The zero-order valence-corrected chi connectivity index (χ0v) is 18.8. The van der Waals surface area contributed by atoms with E-state index in [1.54, 1.807) is 54.6 Å². The highest BCUT2D eigenvalue weighted by molar-refractivity contribution is 7.80. The molecular weight excluding hydrogens is 448 g/mol. The first-order chi connectivity index (χ1) is 15.8. The van der Waals surface area contributed by atoms with Crippen molar-refractivity contribution in [3.05, 3.63) is 71.8 Å². The topological polar surface area (TPSA) is 137 Å². The molecule has 0 aliphatic rings. The third-order valence-corrected chi connectivity index (χ3v) is 4.84. The smallest absolute Gasteiger partial charge is 0.426 e. The van der Waals surface area contributed by atoms with Crippen LogP contribution in [-0.4, -0.2) is 59.0 Å². The number of amides is 4. The summed E-state index contributed by atoms with van der Waals surface area (Å²) < 4.78 is 5.07. The maximum atomic E-state index is 12.7. The highest BCUT2D eigenvalue weighted by Gasteiger charge is 2.27. The van der Waals surface area contributed by atoms with Crippen molar-refractivity contribution in [2.24, 2.45) is 0 Å². The van der Waals surface area contributed by atoms with E-state index in [9.17, 15) is 24.3 Å². The minimum Gasteiger partial charge on any atom is -0.480 e. The van der Waals surface area contributed by atoms with Gasteiger partial charge in [0.1, 0.15) is 18.7 Å². The largest absolute Gasteiger partial charge is 0.480 e. The molecule has 0 fully saturated rings. The molecule has 10 nitrogen and oxygen atoms in total. The standard InChI is InChI=1S/C22H26N4O6S/c1-26(25-22(31)32-13-16-10-6-3-7-11-16)21(30)24-17(12-15-8-4-2-5-9-15)19(27)23-18(14-33)20(28)29/h2-11,17-18,33H,12-14H2,1H3,(H,23,27)(H,24,30)(H,25,31)(H,28,29)/t17-,18-/m0/s1. The Morgan fingerprint density at radius 1 is 0.939 bits per heavy atom. The van der Waals surface area contributed by atoms with Crippen LogP contribution in [0.3, 0.4) is 0 Å². The monoisotopic (exact) mass is 474 g/mol. The van der Waals surface area contributed by atoms with Crippen LogP contribution in [0.1, 0.15) is 11.1 Å². The van der Waals surface area contributed by atoms with E-state index in [4.69, 9.17) is 4.74 Å². The van der Waals surface area contributed by atoms with Gasteiger partial charge >= 0.3 is 18.1 Å². The number of urea groups is 1. The molecule has 2 atom stereocenters. The van der Waals surface area contributed by atoms with Crippen LogP contribution in [-0.2, 0) is 27.4 Å². The maximum Gasteiger partial charge on any atom is 0.426 e. The lowest BCUT2D eigenvalue weighted by Crippen LogP contribution is -2.57. The van der Waals surface area contributed by atoms with Crippen molar-refractivity contribution in [1.29, 1.82) is 0 Å². The second-order valence-electron chi connectivity index (χ2n) is 7.01. The molecule has 0 bridgehead atoms. The molecule has 2 aromatic carbocycles. The highest BCUT2D eigenvalue weighted by atomic mass is 32.1. The summed E-state index contributed by atoms with van der Waals surface area (Å²) in [5, 5.41) is 14.9. The molecule has 2 aromatic rings. The van der Waals surface area contributed by atoms with E-state index in [1.165, 1.54) is 7.05 Å². The van der Waals surface area contributed by atoms with Crippen LogP contribution in [0.25, 0.3) is 0 Å². The van der Waals surface area contributed by atoms with Gasteiger partial charge in [-0.2, -0.15) is 12.6 Å². The van der Waals surface area contributed by atoms with E-state index in [1.807, 2.05) is 6.07 Å². The van der Waals surface area contributed by atoms with Crippen molar-refractivity contribution in [1.82, 2.24) is 21.1 Å². The van der Waals surface area contributed by atoms with Crippen molar-refractivity contribution in [2.75, 3.05) is 12.8 Å². The van der Waals surface area contributed by atoms with E-state index in [0.29, 0.717) is 0 Å². The summed E-state index contributed by atoms with van der Waals surface area (Å²) in [6.45, 7) is 0.0154. The van der Waals surface area contributed by atoms with Crippen LogP contribution >= 0.6 is 12.6 Å². The molecule has 4 N–H and O–H groups in total. The Hall–Kier alpha value is -3.73. The number of ether oxygens (including phenoxy) is 1. The fourth-order valence-corrected chi connectivity index (χ4v) is 2.95. The zero-order chi connectivity index (χ0) is 24.2. The van der Waals surface area contributed by atoms with Gasteiger partial charge < -0.3 is 20.5 Å². The molecule has 0 unspecified atom stereocenters. The van der Waals surface area contributed by atoms with Crippen LogP contribution in [0, 0.1) is 0 Å². The predicted molar refractivity (Wildman–Crippen MR) is 123 cm³/mol. The van der Waals surface area contributed by atoms with Gasteiger partial charge in [-0.05, 0) is 11.1 Å². The Morgan fingerprint density at radius 2 is 1.52 bits per heavy atom. The number of nitrogens with one attached hydrogen (secondary N) is 3. The Morgan fingerprint density at radius 3 is 2.06 bits per heavy atom. The number of hydrogen-bond donors (Lipinski definition) is 5. The summed E-state index contributed by atoms with van der Waals surface area (Å²) in [4.78, 5) is 48.5. The first-order valence-electron chi connectivity index (χ1n) is 9.99. The molecule has 0 spiro atoms. The lowest BCUT2D eigenvalue weighted by Gasteiger charge is -2.24. The predicted octanol–water partition coefficient (Wildman–Crippen LogP) is 1.58. The van der Waals surface area contributed by atoms with E-state index in [2.05, 4.69) is 28.7 Å².